The van der Waals surface area contributed by atoms with Gasteiger partial charge in [0.05, 0.1) is 0 Å². The predicted octanol–water partition coefficient (Wildman–Crippen LogP) is 4.58. The Morgan fingerprint density at radius 3 is 2.61 bits per heavy atom. The van der Waals surface area contributed by atoms with Crippen molar-refractivity contribution in [3.8, 4) is 5.75 Å². The standard InChI is InChI=1S/C27H30FN3O2/c1-30(25-13-17-31(18-14-25)16-12-24-6-2-3-15-29-24)27(32)22-5-4-7-26(19-22)33-20-21-8-10-23(28)11-9-21/h2-11,15,19,25H,12-14,16-18,20H2,1H3. The van der Waals surface area contributed by atoms with Gasteiger partial charge in [-0.2, -0.15) is 0 Å². The summed E-state index contributed by atoms with van der Waals surface area (Å²) in [5.74, 6) is 0.366. The van der Waals surface area contributed by atoms with Crippen LogP contribution in [0.3, 0.4) is 0 Å². The van der Waals surface area contributed by atoms with Crippen LogP contribution in [-0.4, -0.2) is 53.4 Å². The van der Waals surface area contributed by atoms with Crippen molar-refractivity contribution in [1.82, 2.24) is 14.8 Å². The number of hydrogen-bond acceptors (Lipinski definition) is 4. The lowest BCUT2D eigenvalue weighted by atomic mass is 10.0. The molecule has 0 unspecified atom stereocenters. The van der Waals surface area contributed by atoms with Gasteiger partial charge in [0.1, 0.15) is 18.2 Å². The minimum Gasteiger partial charge on any atom is -0.489 e. The fraction of sp³-hybridized carbons (Fsp3) is 0.333. The number of pyridine rings is 1. The monoisotopic (exact) mass is 447 g/mol. The third kappa shape index (κ3) is 6.39. The number of carbonyl (C=O) groups excluding carboxylic acids is 1. The Bertz CT molecular complexity index is 1030. The largest absolute Gasteiger partial charge is 0.489 e. The number of ether oxygens (including phenoxy) is 1. The molecule has 1 aromatic heterocycles. The van der Waals surface area contributed by atoms with Gasteiger partial charge in [0.15, 0.2) is 0 Å². The van der Waals surface area contributed by atoms with Crippen LogP contribution in [0.25, 0.3) is 0 Å². The predicted molar refractivity (Wildman–Crippen MR) is 127 cm³/mol. The van der Waals surface area contributed by atoms with Crippen molar-refractivity contribution in [3.05, 3.63) is 95.6 Å². The molecule has 0 radical (unpaired) electrons. The van der Waals surface area contributed by atoms with E-state index in [-0.39, 0.29) is 17.8 Å². The van der Waals surface area contributed by atoms with Gasteiger partial charge in [-0.1, -0.05) is 24.3 Å². The van der Waals surface area contributed by atoms with Gasteiger partial charge < -0.3 is 14.5 Å². The number of nitrogens with zero attached hydrogens (tertiary/aromatic N) is 3. The van der Waals surface area contributed by atoms with Crippen LogP contribution in [-0.2, 0) is 13.0 Å². The van der Waals surface area contributed by atoms with Crippen LogP contribution in [0.2, 0.25) is 0 Å². The average molecular weight is 448 g/mol. The van der Waals surface area contributed by atoms with Gasteiger partial charge in [0.2, 0.25) is 0 Å². The first-order chi connectivity index (χ1) is 16.1. The second kappa shape index (κ2) is 11.1. The van der Waals surface area contributed by atoms with Crippen molar-refractivity contribution in [2.45, 2.75) is 31.9 Å². The SMILES string of the molecule is CN(C(=O)c1cccc(OCc2ccc(F)cc2)c1)C1CCN(CCc2ccccn2)CC1. The second-order valence-electron chi connectivity index (χ2n) is 8.50. The number of likely N-dealkylation sites (tertiary alicyclic amines) is 1. The lowest BCUT2D eigenvalue weighted by Crippen LogP contribution is -2.46. The van der Waals surface area contributed by atoms with E-state index in [2.05, 4.69) is 16.0 Å². The summed E-state index contributed by atoms with van der Waals surface area (Å²) in [4.78, 5) is 21.8. The van der Waals surface area contributed by atoms with E-state index in [1.165, 1.54) is 12.1 Å². The van der Waals surface area contributed by atoms with Crippen LogP contribution < -0.4 is 4.74 Å². The maximum Gasteiger partial charge on any atom is 0.253 e. The molecule has 6 heteroatoms. The summed E-state index contributed by atoms with van der Waals surface area (Å²) < 4.78 is 18.9. The van der Waals surface area contributed by atoms with Gasteiger partial charge in [-0.3, -0.25) is 9.78 Å². The van der Waals surface area contributed by atoms with Gasteiger partial charge in [-0.25, -0.2) is 4.39 Å². The van der Waals surface area contributed by atoms with Gasteiger partial charge in [-0.05, 0) is 60.9 Å². The van der Waals surface area contributed by atoms with Gasteiger partial charge >= 0.3 is 0 Å². The molecule has 4 rings (SSSR count). The molecule has 0 atom stereocenters. The minimum atomic E-state index is -0.270. The zero-order chi connectivity index (χ0) is 23.0. The molecule has 3 aromatic rings. The summed E-state index contributed by atoms with van der Waals surface area (Å²) in [5.41, 5.74) is 2.61. The maximum atomic E-state index is 13.1. The lowest BCUT2D eigenvalue weighted by Gasteiger charge is -2.36. The van der Waals surface area contributed by atoms with Crippen molar-refractivity contribution in [2.24, 2.45) is 0 Å². The number of piperidine rings is 1. The molecule has 33 heavy (non-hydrogen) atoms. The van der Waals surface area contributed by atoms with Gasteiger partial charge in [0, 0.05) is 56.6 Å². The molecule has 5 nitrogen and oxygen atoms in total. The van der Waals surface area contributed by atoms with Gasteiger partial charge in [0.25, 0.3) is 5.91 Å². The van der Waals surface area contributed by atoms with Crippen LogP contribution in [0.4, 0.5) is 4.39 Å². The lowest BCUT2D eigenvalue weighted by molar-refractivity contribution is 0.0643. The summed E-state index contributed by atoms with van der Waals surface area (Å²) in [6.45, 7) is 3.28. The van der Waals surface area contributed by atoms with E-state index in [1.807, 2.05) is 48.5 Å². The Balaban J connectivity index is 1.27. The Kier molecular flexibility index (Phi) is 7.68. The number of aromatic nitrogens is 1. The zero-order valence-electron chi connectivity index (χ0n) is 19.0. The highest BCUT2D eigenvalue weighted by molar-refractivity contribution is 5.94. The van der Waals surface area contributed by atoms with E-state index in [9.17, 15) is 9.18 Å². The first kappa shape index (κ1) is 22.9. The molecule has 2 heterocycles. The molecule has 0 saturated carbocycles. The Morgan fingerprint density at radius 1 is 1.09 bits per heavy atom. The van der Waals surface area contributed by atoms with Gasteiger partial charge in [-0.15, -0.1) is 0 Å². The van der Waals surface area contributed by atoms with E-state index < -0.39 is 0 Å². The number of carbonyl (C=O) groups is 1. The molecule has 1 fully saturated rings. The molecule has 1 saturated heterocycles. The number of halogens is 1. The fourth-order valence-corrected chi connectivity index (χ4v) is 4.18. The van der Waals surface area contributed by atoms with E-state index in [4.69, 9.17) is 4.74 Å². The quantitative estimate of drug-likeness (QED) is 0.507. The normalized spacial score (nSPS) is 14.7. The van der Waals surface area contributed by atoms with Crippen LogP contribution in [0, 0.1) is 5.82 Å². The van der Waals surface area contributed by atoms with Crippen LogP contribution in [0.5, 0.6) is 5.75 Å². The average Bonchev–Trinajstić information content (AvgIpc) is 2.87. The third-order valence-electron chi connectivity index (χ3n) is 6.24. The highest BCUT2D eigenvalue weighted by Gasteiger charge is 2.26. The molecule has 0 bridgehead atoms. The number of rotatable bonds is 8. The highest BCUT2D eigenvalue weighted by atomic mass is 19.1. The van der Waals surface area contributed by atoms with Crippen molar-refractivity contribution < 1.29 is 13.9 Å². The van der Waals surface area contributed by atoms with Crippen LogP contribution in [0.1, 0.15) is 34.5 Å². The van der Waals surface area contributed by atoms with Crippen molar-refractivity contribution in [2.75, 3.05) is 26.7 Å². The summed E-state index contributed by atoms with van der Waals surface area (Å²) in [6.07, 6.45) is 4.71. The molecule has 0 N–H and O–H groups in total. The van der Waals surface area contributed by atoms with Crippen LogP contribution in [0.15, 0.2) is 72.9 Å². The molecule has 1 amide bonds. The van der Waals surface area contributed by atoms with Crippen LogP contribution >= 0.6 is 0 Å². The minimum absolute atomic E-state index is 0.00849. The highest BCUT2D eigenvalue weighted by Crippen LogP contribution is 2.21. The van der Waals surface area contributed by atoms with E-state index in [0.29, 0.717) is 17.9 Å². The summed E-state index contributed by atoms with van der Waals surface area (Å²) in [6, 6.07) is 19.8. The molecule has 1 aliphatic heterocycles. The molecular weight excluding hydrogens is 417 g/mol. The first-order valence-corrected chi connectivity index (χ1v) is 11.5. The summed E-state index contributed by atoms with van der Waals surface area (Å²) in [5, 5.41) is 0. The Morgan fingerprint density at radius 2 is 1.88 bits per heavy atom. The van der Waals surface area contributed by atoms with E-state index >= 15 is 0 Å². The van der Waals surface area contributed by atoms with Crippen molar-refractivity contribution in [1.29, 1.82) is 0 Å². The smallest absolute Gasteiger partial charge is 0.253 e. The molecule has 1 aliphatic rings. The molecule has 0 spiro atoms. The van der Waals surface area contributed by atoms with Crippen molar-refractivity contribution >= 4 is 5.91 Å². The topological polar surface area (TPSA) is 45.7 Å². The van der Waals surface area contributed by atoms with E-state index in [1.54, 1.807) is 18.2 Å². The number of benzene rings is 2. The molecule has 0 aliphatic carbocycles. The third-order valence-corrected chi connectivity index (χ3v) is 6.24. The van der Waals surface area contributed by atoms with E-state index in [0.717, 1.165) is 50.2 Å². The Hall–Kier alpha value is -3.25. The fourth-order valence-electron chi connectivity index (χ4n) is 4.18. The Labute approximate surface area is 194 Å². The van der Waals surface area contributed by atoms with Crippen molar-refractivity contribution in [3.63, 3.8) is 0 Å². The molecule has 172 valence electrons. The summed E-state index contributed by atoms with van der Waals surface area (Å²) in [7, 11) is 1.89. The molecule has 2 aromatic carbocycles. The summed E-state index contributed by atoms with van der Waals surface area (Å²) >= 11 is 0. The number of hydrogen-bond donors (Lipinski definition) is 0. The zero-order valence-corrected chi connectivity index (χ0v) is 19.0. The molecular formula is C27H30FN3O2. The second-order valence-corrected chi connectivity index (χ2v) is 8.50. The number of amides is 1. The maximum absolute atomic E-state index is 13.1. The first-order valence-electron chi connectivity index (χ1n) is 11.5.